The molecular formula is C18H27NO4S. The van der Waals surface area contributed by atoms with E-state index in [0.717, 1.165) is 19.3 Å². The Bertz CT molecular complexity index is 521. The lowest BCUT2D eigenvalue weighted by Crippen LogP contribution is -2.14. The van der Waals surface area contributed by atoms with Gasteiger partial charge in [-0.05, 0) is 24.5 Å². The van der Waals surface area contributed by atoms with Gasteiger partial charge in [-0.1, -0.05) is 33.1 Å². The highest BCUT2D eigenvalue weighted by Crippen LogP contribution is 2.22. The third kappa shape index (κ3) is 7.34. The Labute approximate surface area is 148 Å². The lowest BCUT2D eigenvalue weighted by molar-refractivity contribution is -0.144. The number of aromatic nitrogens is 1. The van der Waals surface area contributed by atoms with Crippen LogP contribution in [0.5, 0.6) is 0 Å². The molecule has 1 aromatic rings. The molecule has 0 radical (unpaired) electrons. The lowest BCUT2D eigenvalue weighted by Gasteiger charge is -2.14. The molecule has 24 heavy (non-hydrogen) atoms. The third-order valence-electron chi connectivity index (χ3n) is 3.74. The number of hydrogen-bond acceptors (Lipinski definition) is 6. The lowest BCUT2D eigenvalue weighted by atomic mass is 10.0. The number of ether oxygens (including phenoxy) is 2. The molecule has 1 heterocycles. The molecule has 0 amide bonds. The number of unbranched alkanes of at least 4 members (excludes halogenated alkanes) is 1. The van der Waals surface area contributed by atoms with Gasteiger partial charge in [0.1, 0.15) is 0 Å². The average molecular weight is 353 g/mol. The molecule has 0 aliphatic heterocycles. The molecule has 1 atom stereocenters. The fourth-order valence-corrected chi connectivity index (χ4v) is 3.12. The van der Waals surface area contributed by atoms with Crippen molar-refractivity contribution >= 4 is 23.7 Å². The molecule has 1 unspecified atom stereocenters. The first kappa shape index (κ1) is 20.5. The maximum absolute atomic E-state index is 11.9. The number of esters is 2. The van der Waals surface area contributed by atoms with Crippen molar-refractivity contribution in [2.75, 3.05) is 19.5 Å². The highest BCUT2D eigenvalue weighted by Gasteiger charge is 2.14. The molecule has 5 nitrogen and oxygen atoms in total. The van der Waals surface area contributed by atoms with Crippen LogP contribution in [-0.4, -0.2) is 36.4 Å². The molecule has 0 aliphatic rings. The molecule has 0 bridgehead atoms. The summed E-state index contributed by atoms with van der Waals surface area (Å²) in [6, 6.07) is 3.56. The number of nitrogens with zero attached hydrogens (tertiary/aromatic N) is 1. The second-order valence-electron chi connectivity index (χ2n) is 5.54. The third-order valence-corrected chi connectivity index (χ3v) is 4.79. The van der Waals surface area contributed by atoms with Gasteiger partial charge in [-0.3, -0.25) is 4.79 Å². The quantitative estimate of drug-likeness (QED) is 0.440. The van der Waals surface area contributed by atoms with Crippen LogP contribution in [0.2, 0.25) is 0 Å². The minimum absolute atomic E-state index is 0.194. The Morgan fingerprint density at radius 1 is 1.33 bits per heavy atom. The summed E-state index contributed by atoms with van der Waals surface area (Å²) >= 11 is 1.41. The smallest absolute Gasteiger partial charge is 0.357 e. The van der Waals surface area contributed by atoms with Crippen LogP contribution in [0, 0.1) is 5.92 Å². The van der Waals surface area contributed by atoms with Crippen LogP contribution >= 0.6 is 11.8 Å². The van der Waals surface area contributed by atoms with E-state index in [0.29, 0.717) is 29.6 Å². The van der Waals surface area contributed by atoms with Crippen molar-refractivity contribution in [3.05, 3.63) is 24.0 Å². The largest absolute Gasteiger partial charge is 0.465 e. The summed E-state index contributed by atoms with van der Waals surface area (Å²) < 4.78 is 10.1. The van der Waals surface area contributed by atoms with E-state index in [1.54, 1.807) is 18.3 Å². The molecule has 0 fully saturated rings. The van der Waals surface area contributed by atoms with Gasteiger partial charge in [0.05, 0.1) is 20.1 Å². The monoisotopic (exact) mass is 353 g/mol. The van der Waals surface area contributed by atoms with E-state index in [2.05, 4.69) is 18.8 Å². The summed E-state index contributed by atoms with van der Waals surface area (Å²) in [5.41, 5.74) is 0.281. The number of carbonyl (C=O) groups excluding carboxylic acids is 2. The van der Waals surface area contributed by atoms with Gasteiger partial charge in [0.25, 0.3) is 0 Å². The Morgan fingerprint density at radius 2 is 2.12 bits per heavy atom. The summed E-state index contributed by atoms with van der Waals surface area (Å²) in [5.74, 6) is 0.328. The second-order valence-corrected chi connectivity index (χ2v) is 6.68. The molecule has 134 valence electrons. The average Bonchev–Trinajstić information content (AvgIpc) is 2.61. The van der Waals surface area contributed by atoms with Gasteiger partial charge in [0.15, 0.2) is 5.69 Å². The van der Waals surface area contributed by atoms with Crippen LogP contribution in [0.4, 0.5) is 0 Å². The van der Waals surface area contributed by atoms with Gasteiger partial charge < -0.3 is 9.47 Å². The van der Waals surface area contributed by atoms with Crippen LogP contribution in [0.3, 0.4) is 0 Å². The highest BCUT2D eigenvalue weighted by atomic mass is 32.2. The minimum atomic E-state index is -0.470. The first-order valence-electron chi connectivity index (χ1n) is 8.44. The second kappa shape index (κ2) is 11.9. The fourth-order valence-electron chi connectivity index (χ4n) is 2.18. The number of thioether (sulfide) groups is 1. The molecule has 0 spiro atoms. The fraction of sp³-hybridized carbons (Fsp3) is 0.611. The van der Waals surface area contributed by atoms with Crippen molar-refractivity contribution < 1.29 is 19.1 Å². The van der Waals surface area contributed by atoms with Gasteiger partial charge in [-0.15, -0.1) is 11.8 Å². The van der Waals surface area contributed by atoms with Crippen molar-refractivity contribution in [3.63, 3.8) is 0 Å². The molecule has 0 saturated carbocycles. The number of rotatable bonds is 11. The molecule has 0 aromatic carbocycles. The maximum atomic E-state index is 11.9. The summed E-state index contributed by atoms with van der Waals surface area (Å²) in [4.78, 5) is 28.2. The number of pyridine rings is 1. The molecule has 1 rings (SSSR count). The zero-order chi connectivity index (χ0) is 17.8. The molecule has 0 saturated heterocycles. The van der Waals surface area contributed by atoms with E-state index in [4.69, 9.17) is 9.47 Å². The predicted octanol–water partition coefficient (Wildman–Crippen LogP) is 4.11. The summed E-state index contributed by atoms with van der Waals surface area (Å²) in [6.07, 6.45) is 6.32. The van der Waals surface area contributed by atoms with E-state index < -0.39 is 5.97 Å². The van der Waals surface area contributed by atoms with Crippen LogP contribution in [0.25, 0.3) is 0 Å². The topological polar surface area (TPSA) is 65.5 Å². The standard InChI is InChI=1S/C18H27NO4S/c1-4-6-8-14(5-2)13-23-16(20)10-12-24-15-9-7-11-19-17(15)18(21)22-3/h7,9,11,14H,4-6,8,10,12-13H2,1-3H3. The van der Waals surface area contributed by atoms with Crippen LogP contribution in [0.15, 0.2) is 23.2 Å². The van der Waals surface area contributed by atoms with Crippen LogP contribution in [0.1, 0.15) is 56.4 Å². The molecule has 1 aromatic heterocycles. The number of methoxy groups -OCH3 is 1. The van der Waals surface area contributed by atoms with Gasteiger partial charge in [0.2, 0.25) is 0 Å². The van der Waals surface area contributed by atoms with Crippen molar-refractivity contribution in [2.24, 2.45) is 5.92 Å². The van der Waals surface area contributed by atoms with Crippen molar-refractivity contribution in [1.29, 1.82) is 0 Å². The first-order valence-corrected chi connectivity index (χ1v) is 9.42. The molecule has 6 heteroatoms. The van der Waals surface area contributed by atoms with E-state index in [-0.39, 0.29) is 11.7 Å². The van der Waals surface area contributed by atoms with Gasteiger partial charge in [-0.25, -0.2) is 9.78 Å². The van der Waals surface area contributed by atoms with E-state index in [1.807, 2.05) is 0 Å². The molecule has 0 N–H and O–H groups in total. The van der Waals surface area contributed by atoms with Crippen molar-refractivity contribution in [1.82, 2.24) is 4.98 Å². The van der Waals surface area contributed by atoms with Gasteiger partial charge in [-0.2, -0.15) is 0 Å². The Balaban J connectivity index is 2.37. The zero-order valence-corrected chi connectivity index (χ0v) is 15.6. The Hall–Kier alpha value is -1.56. The minimum Gasteiger partial charge on any atom is -0.465 e. The summed E-state index contributed by atoms with van der Waals surface area (Å²) in [5, 5.41) is 0. The Morgan fingerprint density at radius 3 is 2.79 bits per heavy atom. The number of carbonyl (C=O) groups is 2. The highest BCUT2D eigenvalue weighted by molar-refractivity contribution is 7.99. The summed E-state index contributed by atoms with van der Waals surface area (Å²) in [7, 11) is 1.32. The van der Waals surface area contributed by atoms with Crippen LogP contribution in [-0.2, 0) is 14.3 Å². The van der Waals surface area contributed by atoms with E-state index in [1.165, 1.54) is 25.3 Å². The van der Waals surface area contributed by atoms with Crippen LogP contribution < -0.4 is 0 Å². The zero-order valence-electron chi connectivity index (χ0n) is 14.7. The molecular weight excluding hydrogens is 326 g/mol. The SMILES string of the molecule is CCCCC(CC)COC(=O)CCSc1cccnc1C(=O)OC. The van der Waals surface area contributed by atoms with E-state index >= 15 is 0 Å². The van der Waals surface area contributed by atoms with E-state index in [9.17, 15) is 9.59 Å². The van der Waals surface area contributed by atoms with Gasteiger partial charge >= 0.3 is 11.9 Å². The van der Waals surface area contributed by atoms with Crippen molar-refractivity contribution in [3.8, 4) is 0 Å². The normalized spacial score (nSPS) is 11.8. The summed E-state index contributed by atoms with van der Waals surface area (Å²) in [6.45, 7) is 4.79. The maximum Gasteiger partial charge on any atom is 0.357 e. The van der Waals surface area contributed by atoms with Gasteiger partial charge in [0, 0.05) is 16.8 Å². The number of hydrogen-bond donors (Lipinski definition) is 0. The molecule has 0 aliphatic carbocycles. The van der Waals surface area contributed by atoms with Crippen molar-refractivity contribution in [2.45, 2.75) is 50.8 Å². The Kier molecular flexibility index (Phi) is 10.2. The predicted molar refractivity (Wildman–Crippen MR) is 95.2 cm³/mol. The first-order chi connectivity index (χ1) is 11.6.